The highest BCUT2D eigenvalue weighted by molar-refractivity contribution is 5.94. The Kier molecular flexibility index (Phi) is 8.15. The fraction of sp³-hybridized carbons (Fsp3) is 0.429. The smallest absolute Gasteiger partial charge is 0.253 e. The van der Waals surface area contributed by atoms with Gasteiger partial charge < -0.3 is 19.7 Å². The summed E-state index contributed by atoms with van der Waals surface area (Å²) in [6, 6.07) is 17.7. The lowest BCUT2D eigenvalue weighted by Gasteiger charge is -2.23. The number of nitrogens with zero attached hydrogens (tertiary/aromatic N) is 5. The molecule has 0 radical (unpaired) electrons. The molecule has 2 heterocycles. The number of fused-ring (bicyclic) bond motifs is 1. The van der Waals surface area contributed by atoms with Crippen molar-refractivity contribution in [1.29, 1.82) is 0 Å². The van der Waals surface area contributed by atoms with E-state index in [4.69, 9.17) is 0 Å². The molecule has 0 unspecified atom stereocenters. The number of likely N-dealkylation sites (N-methyl/N-ethyl adjacent to an activating group) is 1. The van der Waals surface area contributed by atoms with Crippen molar-refractivity contribution in [3.63, 3.8) is 0 Å². The summed E-state index contributed by atoms with van der Waals surface area (Å²) in [6.07, 6.45) is 1.40. The second kappa shape index (κ2) is 11.5. The van der Waals surface area contributed by atoms with Gasteiger partial charge in [0.05, 0.1) is 12.6 Å². The zero-order valence-electron chi connectivity index (χ0n) is 21.6. The summed E-state index contributed by atoms with van der Waals surface area (Å²) in [5.74, 6) is 1.99. The highest BCUT2D eigenvalue weighted by atomic mass is 16.2. The number of nitrogens with one attached hydrogen (secondary N) is 1. The fourth-order valence-electron chi connectivity index (χ4n) is 4.65. The zero-order valence-corrected chi connectivity index (χ0v) is 21.6. The topological polar surface area (TPSA) is 83.4 Å². The number of carbonyl (C=O) groups excluding carboxylic acids is 2. The van der Waals surface area contributed by atoms with E-state index in [-0.39, 0.29) is 17.9 Å². The van der Waals surface area contributed by atoms with E-state index < -0.39 is 0 Å². The van der Waals surface area contributed by atoms with Gasteiger partial charge in [0.1, 0.15) is 5.82 Å². The van der Waals surface area contributed by atoms with Crippen LogP contribution in [0.1, 0.15) is 48.3 Å². The molecule has 0 aliphatic carbocycles. The van der Waals surface area contributed by atoms with Crippen LogP contribution < -0.4 is 5.32 Å². The molecule has 0 saturated carbocycles. The summed E-state index contributed by atoms with van der Waals surface area (Å²) < 4.78 is 2.09. The van der Waals surface area contributed by atoms with Gasteiger partial charge in [0.2, 0.25) is 5.91 Å². The van der Waals surface area contributed by atoms with Crippen molar-refractivity contribution < 1.29 is 9.59 Å². The van der Waals surface area contributed by atoms with Gasteiger partial charge in [-0.1, -0.05) is 56.3 Å². The molecular weight excluding hydrogens is 452 g/mol. The minimum absolute atomic E-state index is 0.0212. The molecule has 1 N–H and O–H groups in total. The molecule has 1 aliphatic heterocycles. The molecule has 2 aromatic carbocycles. The van der Waals surface area contributed by atoms with Crippen LogP contribution in [-0.2, 0) is 17.8 Å². The van der Waals surface area contributed by atoms with E-state index in [0.717, 1.165) is 29.2 Å². The van der Waals surface area contributed by atoms with Gasteiger partial charge in [-0.3, -0.25) is 9.59 Å². The molecule has 1 aromatic heterocycles. The lowest BCUT2D eigenvalue weighted by atomic mass is 10.0. The zero-order chi connectivity index (χ0) is 25.7. The highest BCUT2D eigenvalue weighted by Crippen LogP contribution is 2.24. The van der Waals surface area contributed by atoms with Crippen LogP contribution in [0.4, 0.5) is 0 Å². The van der Waals surface area contributed by atoms with Gasteiger partial charge >= 0.3 is 0 Å². The molecule has 0 saturated heterocycles. The molecule has 0 spiro atoms. The monoisotopic (exact) mass is 488 g/mol. The Morgan fingerprint density at radius 2 is 1.64 bits per heavy atom. The Hall–Kier alpha value is -3.52. The second-order valence-corrected chi connectivity index (χ2v) is 10.1. The summed E-state index contributed by atoms with van der Waals surface area (Å²) in [6.45, 7) is 6.34. The van der Waals surface area contributed by atoms with E-state index in [1.54, 1.807) is 0 Å². The SMILES string of the molecule is CC(C)C[C@H](NC(=O)CN(C)C)c1nnc2n1CCN(C(=O)c1ccc(-c3ccccc3)cc1)CC2. The molecule has 0 bridgehead atoms. The van der Waals surface area contributed by atoms with Crippen LogP contribution in [0.3, 0.4) is 0 Å². The van der Waals surface area contributed by atoms with Crippen molar-refractivity contribution in [3.05, 3.63) is 71.8 Å². The van der Waals surface area contributed by atoms with Crippen LogP contribution in [0.2, 0.25) is 0 Å². The molecule has 8 heteroatoms. The first-order valence-corrected chi connectivity index (χ1v) is 12.6. The maximum atomic E-state index is 13.3. The number of amides is 2. The van der Waals surface area contributed by atoms with Crippen molar-refractivity contribution in [3.8, 4) is 11.1 Å². The minimum Gasteiger partial charge on any atom is -0.345 e. The van der Waals surface area contributed by atoms with Gasteiger partial charge in [0.25, 0.3) is 5.91 Å². The summed E-state index contributed by atoms with van der Waals surface area (Å²) in [4.78, 5) is 29.6. The van der Waals surface area contributed by atoms with Crippen LogP contribution in [0, 0.1) is 5.92 Å². The predicted octanol–water partition coefficient (Wildman–Crippen LogP) is 3.41. The summed E-state index contributed by atoms with van der Waals surface area (Å²) in [5.41, 5.74) is 2.90. The third-order valence-corrected chi connectivity index (χ3v) is 6.39. The molecule has 0 fully saturated rings. The Balaban J connectivity index is 1.46. The highest BCUT2D eigenvalue weighted by Gasteiger charge is 2.27. The Bertz CT molecular complexity index is 1170. The quantitative estimate of drug-likeness (QED) is 0.525. The van der Waals surface area contributed by atoms with Crippen LogP contribution in [-0.4, -0.2) is 70.1 Å². The number of hydrogen-bond donors (Lipinski definition) is 1. The molecule has 4 rings (SSSR count). The van der Waals surface area contributed by atoms with Gasteiger partial charge in [-0.05, 0) is 49.7 Å². The number of aromatic nitrogens is 3. The Morgan fingerprint density at radius 3 is 2.31 bits per heavy atom. The van der Waals surface area contributed by atoms with Crippen LogP contribution >= 0.6 is 0 Å². The maximum Gasteiger partial charge on any atom is 0.253 e. The second-order valence-electron chi connectivity index (χ2n) is 10.1. The van der Waals surface area contributed by atoms with Gasteiger partial charge in [-0.15, -0.1) is 10.2 Å². The molecule has 1 aliphatic rings. The van der Waals surface area contributed by atoms with Crippen LogP contribution in [0.15, 0.2) is 54.6 Å². The Labute approximate surface area is 213 Å². The molecule has 8 nitrogen and oxygen atoms in total. The summed E-state index contributed by atoms with van der Waals surface area (Å²) in [5, 5.41) is 12.1. The first-order chi connectivity index (χ1) is 17.3. The Morgan fingerprint density at radius 1 is 0.944 bits per heavy atom. The molecule has 2 amide bonds. The van der Waals surface area contributed by atoms with Gasteiger partial charge in [0, 0.05) is 31.6 Å². The number of carbonyl (C=O) groups is 2. The standard InChI is InChI=1S/C28H36N6O2/c1-20(2)18-24(29-26(35)19-32(3)4)27-31-30-25-14-15-33(16-17-34(25)27)28(36)23-12-10-22(11-13-23)21-8-6-5-7-9-21/h5-13,20,24H,14-19H2,1-4H3,(H,29,35)/t24-/m0/s1. The first kappa shape index (κ1) is 25.6. The molecule has 1 atom stereocenters. The maximum absolute atomic E-state index is 13.3. The molecule has 3 aromatic rings. The average molecular weight is 489 g/mol. The largest absolute Gasteiger partial charge is 0.345 e. The molecular formula is C28H36N6O2. The van der Waals surface area contributed by atoms with Gasteiger partial charge in [0.15, 0.2) is 5.82 Å². The third kappa shape index (κ3) is 6.18. The van der Waals surface area contributed by atoms with E-state index in [0.29, 0.717) is 44.1 Å². The van der Waals surface area contributed by atoms with Gasteiger partial charge in [-0.2, -0.15) is 0 Å². The third-order valence-electron chi connectivity index (χ3n) is 6.39. The van der Waals surface area contributed by atoms with Crippen molar-refractivity contribution >= 4 is 11.8 Å². The first-order valence-electron chi connectivity index (χ1n) is 12.6. The van der Waals surface area contributed by atoms with Crippen LogP contribution in [0.5, 0.6) is 0 Å². The van der Waals surface area contributed by atoms with E-state index in [1.165, 1.54) is 0 Å². The van der Waals surface area contributed by atoms with Crippen molar-refractivity contribution in [2.45, 2.75) is 39.3 Å². The lowest BCUT2D eigenvalue weighted by molar-refractivity contribution is -0.122. The van der Waals surface area contributed by atoms with Crippen molar-refractivity contribution in [2.24, 2.45) is 5.92 Å². The van der Waals surface area contributed by atoms with Crippen molar-refractivity contribution in [2.75, 3.05) is 33.7 Å². The number of benzene rings is 2. The number of hydrogen-bond acceptors (Lipinski definition) is 5. The number of rotatable bonds is 8. The van der Waals surface area contributed by atoms with Gasteiger partial charge in [-0.25, -0.2) is 0 Å². The van der Waals surface area contributed by atoms with Crippen LogP contribution in [0.25, 0.3) is 11.1 Å². The summed E-state index contributed by atoms with van der Waals surface area (Å²) in [7, 11) is 3.75. The predicted molar refractivity (Wildman–Crippen MR) is 140 cm³/mol. The van der Waals surface area contributed by atoms with E-state index in [9.17, 15) is 9.59 Å². The minimum atomic E-state index is -0.216. The molecule has 190 valence electrons. The fourth-order valence-corrected chi connectivity index (χ4v) is 4.65. The lowest BCUT2D eigenvalue weighted by Crippen LogP contribution is -2.38. The molecule has 36 heavy (non-hydrogen) atoms. The van der Waals surface area contributed by atoms with E-state index in [2.05, 4.69) is 46.1 Å². The average Bonchev–Trinajstić information content (AvgIpc) is 3.14. The van der Waals surface area contributed by atoms with Crippen molar-refractivity contribution in [1.82, 2.24) is 29.9 Å². The normalized spacial score (nSPS) is 14.4. The summed E-state index contributed by atoms with van der Waals surface area (Å²) >= 11 is 0. The van der Waals surface area contributed by atoms with E-state index in [1.807, 2.05) is 66.4 Å². The van der Waals surface area contributed by atoms with E-state index >= 15 is 0 Å².